The first-order valence-electron chi connectivity index (χ1n) is 9.51. The number of nitrogens with zero attached hydrogens (tertiary/aromatic N) is 3. The van der Waals surface area contributed by atoms with Gasteiger partial charge in [0, 0.05) is 37.4 Å². The third kappa shape index (κ3) is 5.12. The number of hydrogen-bond donors (Lipinski definition) is 0. The minimum absolute atomic E-state index is 0.00631. The maximum atomic E-state index is 13.4. The second kappa shape index (κ2) is 9.07. The zero-order chi connectivity index (χ0) is 20.1. The molecule has 0 spiro atoms. The molecule has 1 saturated heterocycles. The Morgan fingerprint density at radius 1 is 1.36 bits per heavy atom. The van der Waals surface area contributed by atoms with Crippen molar-refractivity contribution in [1.82, 2.24) is 14.3 Å². The first-order valence-corrected chi connectivity index (χ1v) is 11.1. The highest BCUT2D eigenvalue weighted by atomic mass is 32.2. The van der Waals surface area contributed by atoms with Gasteiger partial charge in [0.2, 0.25) is 10.0 Å². The fraction of sp³-hybridized carbons (Fsp3) is 0.500. The van der Waals surface area contributed by atoms with Gasteiger partial charge in [-0.25, -0.2) is 27.1 Å². The normalized spacial score (nSPS) is 18.3. The molecule has 1 aliphatic heterocycles. The molecule has 2 heterocycles. The van der Waals surface area contributed by atoms with Gasteiger partial charge in [-0.15, -0.1) is 0 Å². The Hall–Kier alpha value is -1.90. The molecular formula is C20H26FN3O3S. The van der Waals surface area contributed by atoms with Crippen LogP contribution in [-0.4, -0.2) is 42.4 Å². The molecule has 1 atom stereocenters. The number of sulfonamides is 1. The lowest BCUT2D eigenvalue weighted by Gasteiger charge is -2.32. The number of ether oxygens (including phenoxy) is 1. The Morgan fingerprint density at radius 3 is 2.93 bits per heavy atom. The summed E-state index contributed by atoms with van der Waals surface area (Å²) in [6, 6.07) is 5.75. The third-order valence-corrected chi connectivity index (χ3v) is 6.70. The molecule has 0 N–H and O–H groups in total. The molecule has 0 aliphatic carbocycles. The quantitative estimate of drug-likeness (QED) is 0.705. The number of aryl methyl sites for hydroxylation is 1. The van der Waals surface area contributed by atoms with Gasteiger partial charge in [-0.1, -0.05) is 12.1 Å². The maximum absolute atomic E-state index is 13.4. The van der Waals surface area contributed by atoms with Crippen LogP contribution in [0.15, 0.2) is 30.5 Å². The van der Waals surface area contributed by atoms with E-state index < -0.39 is 15.8 Å². The molecule has 1 aliphatic rings. The van der Waals surface area contributed by atoms with E-state index in [0.29, 0.717) is 37.7 Å². The van der Waals surface area contributed by atoms with E-state index in [9.17, 15) is 12.8 Å². The highest BCUT2D eigenvalue weighted by Crippen LogP contribution is 2.30. The molecular weight excluding hydrogens is 381 g/mol. The number of hydrogen-bond acceptors (Lipinski definition) is 5. The summed E-state index contributed by atoms with van der Waals surface area (Å²) in [6.45, 7) is 5.60. The molecule has 1 aromatic heterocycles. The Bertz CT molecular complexity index is 921. The first kappa shape index (κ1) is 20.8. The van der Waals surface area contributed by atoms with E-state index >= 15 is 0 Å². The smallest absolute Gasteiger partial charge is 0.218 e. The van der Waals surface area contributed by atoms with Gasteiger partial charge >= 0.3 is 0 Å². The summed E-state index contributed by atoms with van der Waals surface area (Å²) >= 11 is 0. The second-order valence-electron chi connectivity index (χ2n) is 7.05. The SMILES string of the molecule is CCOCc1cnc(C)nc1C1CCCN(S(=O)(=O)Cc2cccc(F)c2)C1. The van der Waals surface area contributed by atoms with Crippen LogP contribution >= 0.6 is 0 Å². The van der Waals surface area contributed by atoms with Crippen LogP contribution in [-0.2, 0) is 27.1 Å². The van der Waals surface area contributed by atoms with Gasteiger partial charge < -0.3 is 4.74 Å². The van der Waals surface area contributed by atoms with E-state index in [2.05, 4.69) is 9.97 Å². The summed E-state index contributed by atoms with van der Waals surface area (Å²) in [5, 5.41) is 0. The summed E-state index contributed by atoms with van der Waals surface area (Å²) in [6.07, 6.45) is 3.39. The first-order chi connectivity index (χ1) is 13.4. The average molecular weight is 408 g/mol. The summed E-state index contributed by atoms with van der Waals surface area (Å²) < 4.78 is 46.3. The van der Waals surface area contributed by atoms with Gasteiger partial charge in [0.25, 0.3) is 0 Å². The second-order valence-corrected chi connectivity index (χ2v) is 9.02. The third-order valence-electron chi connectivity index (χ3n) is 4.88. The van der Waals surface area contributed by atoms with Gasteiger partial charge in [0.1, 0.15) is 11.6 Å². The van der Waals surface area contributed by atoms with Crippen molar-refractivity contribution in [2.75, 3.05) is 19.7 Å². The fourth-order valence-electron chi connectivity index (χ4n) is 3.54. The van der Waals surface area contributed by atoms with Crippen LogP contribution in [0.2, 0.25) is 0 Å². The highest BCUT2D eigenvalue weighted by Gasteiger charge is 2.31. The molecule has 1 aromatic carbocycles. The van der Waals surface area contributed by atoms with E-state index in [0.717, 1.165) is 24.1 Å². The van der Waals surface area contributed by atoms with Crippen LogP contribution in [0.5, 0.6) is 0 Å². The maximum Gasteiger partial charge on any atom is 0.218 e. The summed E-state index contributed by atoms with van der Waals surface area (Å²) in [7, 11) is -3.54. The molecule has 28 heavy (non-hydrogen) atoms. The Labute approximate surface area is 165 Å². The number of aromatic nitrogens is 2. The van der Waals surface area contributed by atoms with Crippen LogP contribution in [0.4, 0.5) is 4.39 Å². The minimum atomic E-state index is -3.54. The van der Waals surface area contributed by atoms with E-state index in [-0.39, 0.29) is 11.7 Å². The van der Waals surface area contributed by atoms with E-state index in [1.54, 1.807) is 12.3 Å². The Balaban J connectivity index is 1.79. The zero-order valence-corrected chi connectivity index (χ0v) is 17.1. The molecule has 0 amide bonds. The van der Waals surface area contributed by atoms with Crippen molar-refractivity contribution in [2.45, 2.75) is 45.0 Å². The van der Waals surface area contributed by atoms with Crippen molar-refractivity contribution < 1.29 is 17.5 Å². The van der Waals surface area contributed by atoms with E-state index in [1.807, 2.05) is 13.8 Å². The number of benzene rings is 1. The summed E-state index contributed by atoms with van der Waals surface area (Å²) in [4.78, 5) is 8.86. The minimum Gasteiger partial charge on any atom is -0.377 e. The molecule has 6 nitrogen and oxygen atoms in total. The van der Waals surface area contributed by atoms with Crippen molar-refractivity contribution in [3.63, 3.8) is 0 Å². The lowest BCUT2D eigenvalue weighted by atomic mass is 9.93. The summed E-state index contributed by atoms with van der Waals surface area (Å²) in [5.41, 5.74) is 2.23. The van der Waals surface area contributed by atoms with Crippen molar-refractivity contribution in [3.8, 4) is 0 Å². The number of piperidine rings is 1. The predicted molar refractivity (Wildman–Crippen MR) is 105 cm³/mol. The van der Waals surface area contributed by atoms with Crippen LogP contribution < -0.4 is 0 Å². The molecule has 3 rings (SSSR count). The van der Waals surface area contributed by atoms with E-state index in [1.165, 1.54) is 22.5 Å². The van der Waals surface area contributed by atoms with Gasteiger partial charge in [0.05, 0.1) is 18.1 Å². The molecule has 0 saturated carbocycles. The van der Waals surface area contributed by atoms with Gasteiger partial charge in [-0.3, -0.25) is 0 Å². The van der Waals surface area contributed by atoms with Gasteiger partial charge in [0.15, 0.2) is 0 Å². The van der Waals surface area contributed by atoms with Crippen LogP contribution in [0.1, 0.15) is 48.3 Å². The van der Waals surface area contributed by atoms with Crippen molar-refractivity contribution in [2.24, 2.45) is 0 Å². The topological polar surface area (TPSA) is 72.4 Å². The molecule has 1 unspecified atom stereocenters. The number of rotatable bonds is 7. The molecule has 1 fully saturated rings. The fourth-order valence-corrected chi connectivity index (χ4v) is 5.13. The lowest BCUT2D eigenvalue weighted by molar-refractivity contribution is 0.132. The monoisotopic (exact) mass is 407 g/mol. The molecule has 2 aromatic rings. The molecule has 0 bridgehead atoms. The van der Waals surface area contributed by atoms with Crippen molar-refractivity contribution in [1.29, 1.82) is 0 Å². The van der Waals surface area contributed by atoms with Crippen molar-refractivity contribution in [3.05, 3.63) is 58.9 Å². The standard InChI is InChI=1S/C20H26FN3O3S/c1-3-27-13-18-11-22-15(2)23-20(18)17-7-5-9-24(12-17)28(25,26)14-16-6-4-8-19(21)10-16/h4,6,8,10-11,17H,3,5,7,9,12-14H2,1-2H3. The Morgan fingerprint density at radius 2 is 2.18 bits per heavy atom. The van der Waals surface area contributed by atoms with Gasteiger partial charge in [-0.05, 0) is 44.4 Å². The van der Waals surface area contributed by atoms with E-state index in [4.69, 9.17) is 4.74 Å². The molecule has 0 radical (unpaired) electrons. The van der Waals surface area contributed by atoms with Crippen LogP contribution in [0.25, 0.3) is 0 Å². The molecule has 8 heteroatoms. The summed E-state index contributed by atoms with van der Waals surface area (Å²) in [5.74, 6) is 0.0240. The lowest BCUT2D eigenvalue weighted by Crippen LogP contribution is -2.40. The van der Waals surface area contributed by atoms with Crippen molar-refractivity contribution >= 4 is 10.0 Å². The highest BCUT2D eigenvalue weighted by molar-refractivity contribution is 7.88. The van der Waals surface area contributed by atoms with Crippen LogP contribution in [0, 0.1) is 12.7 Å². The predicted octanol–water partition coefficient (Wildman–Crippen LogP) is 3.17. The Kier molecular flexibility index (Phi) is 6.74. The van der Waals surface area contributed by atoms with Gasteiger partial charge in [-0.2, -0.15) is 0 Å². The molecule has 152 valence electrons. The average Bonchev–Trinajstić information content (AvgIpc) is 2.67. The number of halogens is 1. The zero-order valence-electron chi connectivity index (χ0n) is 16.3. The largest absolute Gasteiger partial charge is 0.377 e. The van der Waals surface area contributed by atoms with Crippen LogP contribution in [0.3, 0.4) is 0 Å².